The van der Waals surface area contributed by atoms with Gasteiger partial charge in [-0.2, -0.15) is 0 Å². The fraction of sp³-hybridized carbons (Fsp3) is 0.0870. The van der Waals surface area contributed by atoms with Crippen molar-refractivity contribution in [3.05, 3.63) is 85.4 Å². The molecule has 4 rings (SSSR count). The van der Waals surface area contributed by atoms with Gasteiger partial charge >= 0.3 is 0 Å². The Hall–Kier alpha value is -3.73. The average molecular weight is 372 g/mol. The van der Waals surface area contributed by atoms with Crippen LogP contribution in [-0.4, -0.2) is 19.2 Å². The summed E-state index contributed by atoms with van der Waals surface area (Å²) in [7, 11) is 3.33. The molecule has 0 aliphatic heterocycles. The first-order valence-corrected chi connectivity index (χ1v) is 8.85. The lowest BCUT2D eigenvalue weighted by Gasteiger charge is -2.26. The third-order valence-corrected chi connectivity index (χ3v) is 4.50. The van der Waals surface area contributed by atoms with Gasteiger partial charge in [-0.25, -0.2) is 4.98 Å². The molecule has 1 heterocycles. The zero-order chi connectivity index (χ0) is 19.3. The van der Waals surface area contributed by atoms with Gasteiger partial charge in [-0.1, -0.05) is 0 Å². The summed E-state index contributed by atoms with van der Waals surface area (Å²) in [6.45, 7) is 0. The zero-order valence-corrected chi connectivity index (χ0v) is 15.7. The summed E-state index contributed by atoms with van der Waals surface area (Å²) in [5.41, 5.74) is 4.06. The van der Waals surface area contributed by atoms with Crippen molar-refractivity contribution >= 4 is 17.1 Å². The van der Waals surface area contributed by atoms with Crippen LogP contribution < -0.4 is 14.4 Å². The first-order chi connectivity index (χ1) is 13.8. The van der Waals surface area contributed by atoms with E-state index in [1.807, 2.05) is 60.7 Å². The number of aromatic nitrogens is 1. The van der Waals surface area contributed by atoms with Crippen LogP contribution in [0.15, 0.2) is 89.8 Å². The van der Waals surface area contributed by atoms with Gasteiger partial charge < -0.3 is 18.8 Å². The molecule has 0 aliphatic carbocycles. The zero-order valence-electron chi connectivity index (χ0n) is 15.7. The number of hydrogen-bond donors (Lipinski definition) is 0. The first kappa shape index (κ1) is 17.7. The number of hydrogen-bond acceptors (Lipinski definition) is 5. The van der Waals surface area contributed by atoms with Crippen LogP contribution >= 0.6 is 0 Å². The van der Waals surface area contributed by atoms with E-state index in [2.05, 4.69) is 22.0 Å². The van der Waals surface area contributed by atoms with Crippen LogP contribution in [0.2, 0.25) is 0 Å². The van der Waals surface area contributed by atoms with E-state index in [0.29, 0.717) is 0 Å². The second-order valence-electron chi connectivity index (χ2n) is 6.14. The number of anilines is 3. The van der Waals surface area contributed by atoms with Crippen molar-refractivity contribution < 1.29 is 13.9 Å². The second kappa shape index (κ2) is 7.88. The van der Waals surface area contributed by atoms with Gasteiger partial charge in [0.1, 0.15) is 11.5 Å². The maximum Gasteiger partial charge on any atom is 0.181 e. The minimum atomic E-state index is 0.743. The van der Waals surface area contributed by atoms with Crippen LogP contribution in [0.25, 0.3) is 11.3 Å². The van der Waals surface area contributed by atoms with Crippen molar-refractivity contribution in [3.8, 4) is 22.8 Å². The van der Waals surface area contributed by atoms with E-state index in [1.165, 1.54) is 6.39 Å². The summed E-state index contributed by atoms with van der Waals surface area (Å²) >= 11 is 0. The summed E-state index contributed by atoms with van der Waals surface area (Å²) in [5, 5.41) is 0. The molecule has 0 atom stereocenters. The van der Waals surface area contributed by atoms with Crippen LogP contribution in [0.1, 0.15) is 0 Å². The highest BCUT2D eigenvalue weighted by molar-refractivity contribution is 5.78. The smallest absolute Gasteiger partial charge is 0.181 e. The molecule has 140 valence electrons. The van der Waals surface area contributed by atoms with Crippen molar-refractivity contribution in [2.45, 2.75) is 0 Å². The maximum atomic E-state index is 5.39. The molecule has 0 spiro atoms. The van der Waals surface area contributed by atoms with Crippen LogP contribution in [-0.2, 0) is 0 Å². The highest BCUT2D eigenvalue weighted by Gasteiger charge is 2.13. The molecular weight excluding hydrogens is 352 g/mol. The molecule has 0 aliphatic rings. The summed E-state index contributed by atoms with van der Waals surface area (Å²) in [4.78, 5) is 6.15. The Morgan fingerprint density at radius 2 is 1.14 bits per heavy atom. The van der Waals surface area contributed by atoms with E-state index in [9.17, 15) is 0 Å². The van der Waals surface area contributed by atoms with E-state index in [1.54, 1.807) is 20.4 Å². The molecule has 4 aromatic rings. The van der Waals surface area contributed by atoms with Crippen molar-refractivity contribution in [2.75, 3.05) is 19.1 Å². The molecule has 0 amide bonds. The summed E-state index contributed by atoms with van der Waals surface area (Å²) in [5.74, 6) is 2.38. The molecule has 28 heavy (non-hydrogen) atoms. The molecule has 0 fully saturated rings. The summed E-state index contributed by atoms with van der Waals surface area (Å²) in [6.07, 6.45) is 3.14. The van der Waals surface area contributed by atoms with Gasteiger partial charge in [-0.15, -0.1) is 0 Å². The molecule has 0 unspecified atom stereocenters. The number of nitrogens with zero attached hydrogens (tertiary/aromatic N) is 2. The van der Waals surface area contributed by atoms with E-state index in [4.69, 9.17) is 13.9 Å². The number of rotatable bonds is 6. The molecule has 3 aromatic carbocycles. The molecule has 0 N–H and O–H groups in total. The SMILES string of the molecule is COc1ccc(N(c2ccc(OC)cc2)c2ccc(-c3cnco3)cc2)cc1. The number of benzene rings is 3. The average Bonchev–Trinajstić information content (AvgIpc) is 3.30. The third-order valence-electron chi connectivity index (χ3n) is 4.50. The number of oxazole rings is 1. The fourth-order valence-corrected chi connectivity index (χ4v) is 3.04. The van der Waals surface area contributed by atoms with Gasteiger partial charge in [0.25, 0.3) is 0 Å². The standard InChI is InChI=1S/C23H20N2O3/c1-26-21-11-7-19(8-12-21)25(20-9-13-22(27-2)14-10-20)18-5-3-17(4-6-18)23-15-24-16-28-23/h3-16H,1-2H3. The van der Waals surface area contributed by atoms with Crippen LogP contribution in [0, 0.1) is 0 Å². The van der Waals surface area contributed by atoms with Gasteiger partial charge in [0, 0.05) is 22.6 Å². The third kappa shape index (κ3) is 3.55. The van der Waals surface area contributed by atoms with E-state index in [0.717, 1.165) is 39.9 Å². The van der Waals surface area contributed by atoms with E-state index < -0.39 is 0 Å². The lowest BCUT2D eigenvalue weighted by atomic mass is 10.1. The lowest BCUT2D eigenvalue weighted by molar-refractivity contribution is 0.415. The Labute approximate surface area is 163 Å². The number of methoxy groups -OCH3 is 2. The predicted molar refractivity (Wildman–Crippen MR) is 110 cm³/mol. The van der Waals surface area contributed by atoms with Crippen molar-refractivity contribution in [2.24, 2.45) is 0 Å². The minimum Gasteiger partial charge on any atom is -0.497 e. The van der Waals surface area contributed by atoms with Gasteiger partial charge in [-0.05, 0) is 72.8 Å². The number of ether oxygens (including phenoxy) is 2. The van der Waals surface area contributed by atoms with Gasteiger partial charge in [0.15, 0.2) is 12.2 Å². The summed E-state index contributed by atoms with van der Waals surface area (Å²) in [6, 6.07) is 24.1. The Balaban J connectivity index is 1.75. The second-order valence-corrected chi connectivity index (χ2v) is 6.14. The Bertz CT molecular complexity index is 962. The van der Waals surface area contributed by atoms with Crippen molar-refractivity contribution in [1.29, 1.82) is 0 Å². The van der Waals surface area contributed by atoms with Gasteiger partial charge in [0.05, 0.1) is 20.4 Å². The monoisotopic (exact) mass is 372 g/mol. The molecule has 0 saturated carbocycles. The molecule has 5 nitrogen and oxygen atoms in total. The largest absolute Gasteiger partial charge is 0.497 e. The first-order valence-electron chi connectivity index (χ1n) is 8.85. The predicted octanol–water partition coefficient (Wildman–Crippen LogP) is 5.83. The molecule has 0 radical (unpaired) electrons. The normalized spacial score (nSPS) is 10.5. The highest BCUT2D eigenvalue weighted by atomic mass is 16.5. The fourth-order valence-electron chi connectivity index (χ4n) is 3.04. The van der Waals surface area contributed by atoms with Gasteiger partial charge in [0.2, 0.25) is 0 Å². The van der Waals surface area contributed by atoms with Crippen LogP contribution in [0.5, 0.6) is 11.5 Å². The molecule has 5 heteroatoms. The molecule has 0 saturated heterocycles. The van der Waals surface area contributed by atoms with Crippen molar-refractivity contribution in [3.63, 3.8) is 0 Å². The Morgan fingerprint density at radius 3 is 1.54 bits per heavy atom. The highest BCUT2D eigenvalue weighted by Crippen LogP contribution is 2.36. The lowest BCUT2D eigenvalue weighted by Crippen LogP contribution is -2.09. The van der Waals surface area contributed by atoms with E-state index >= 15 is 0 Å². The minimum absolute atomic E-state index is 0.743. The molecular formula is C23H20N2O3. The van der Waals surface area contributed by atoms with Crippen molar-refractivity contribution in [1.82, 2.24) is 4.98 Å². The molecule has 0 bridgehead atoms. The molecule has 1 aromatic heterocycles. The van der Waals surface area contributed by atoms with Gasteiger partial charge in [-0.3, -0.25) is 0 Å². The summed E-state index contributed by atoms with van der Waals surface area (Å²) < 4.78 is 16.0. The topological polar surface area (TPSA) is 47.7 Å². The van der Waals surface area contributed by atoms with Crippen LogP contribution in [0.4, 0.5) is 17.1 Å². The van der Waals surface area contributed by atoms with Crippen LogP contribution in [0.3, 0.4) is 0 Å². The quantitative estimate of drug-likeness (QED) is 0.426. The van der Waals surface area contributed by atoms with E-state index in [-0.39, 0.29) is 0 Å². The Kier molecular flexibility index (Phi) is 4.97. The Morgan fingerprint density at radius 1 is 0.679 bits per heavy atom. The maximum absolute atomic E-state index is 5.39.